The molecular formula is C42H66N6O8. The summed E-state index contributed by atoms with van der Waals surface area (Å²) in [5.74, 6) is -2.10. The molecule has 2 aliphatic rings. The maximum atomic E-state index is 13.6. The molecule has 2 saturated heterocycles. The third-order valence-electron chi connectivity index (χ3n) is 11.0. The van der Waals surface area contributed by atoms with Gasteiger partial charge in [0, 0.05) is 57.0 Å². The van der Waals surface area contributed by atoms with Gasteiger partial charge in [-0.05, 0) is 72.5 Å². The third-order valence-corrected chi connectivity index (χ3v) is 11.0. The molecule has 5 N–H and O–H groups in total. The van der Waals surface area contributed by atoms with Gasteiger partial charge >= 0.3 is 12.1 Å². The minimum atomic E-state index is -0.808. The first-order valence-corrected chi connectivity index (χ1v) is 20.2. The van der Waals surface area contributed by atoms with Gasteiger partial charge in [0.05, 0.1) is 12.0 Å². The molecule has 0 saturated carbocycles. The fourth-order valence-corrected chi connectivity index (χ4v) is 7.25. The average molecular weight is 783 g/mol. The van der Waals surface area contributed by atoms with E-state index >= 15 is 0 Å². The number of hydrogen-bond acceptors (Lipinski definition) is 8. The second kappa shape index (κ2) is 20.6. The predicted molar refractivity (Wildman–Crippen MR) is 214 cm³/mol. The molecule has 56 heavy (non-hydrogen) atoms. The molecule has 4 atom stereocenters. The molecule has 0 radical (unpaired) electrons. The molecule has 312 valence electrons. The highest BCUT2D eigenvalue weighted by Crippen LogP contribution is 2.36. The zero-order chi connectivity index (χ0) is 41.8. The summed E-state index contributed by atoms with van der Waals surface area (Å²) in [5.41, 5.74) is 6.30. The maximum absolute atomic E-state index is 13.6. The first kappa shape index (κ1) is 45.9. The van der Waals surface area contributed by atoms with Crippen LogP contribution in [0.5, 0.6) is 0 Å². The van der Waals surface area contributed by atoms with E-state index in [4.69, 9.17) is 10.5 Å². The largest absolute Gasteiger partial charge is 0.445 e. The van der Waals surface area contributed by atoms with E-state index in [9.17, 15) is 33.6 Å². The number of unbranched alkanes of at least 4 members (excludes halogenated alkanes) is 2. The van der Waals surface area contributed by atoms with Crippen LogP contribution in [0.2, 0.25) is 0 Å². The molecule has 0 aromatic heterocycles. The number of urea groups is 1. The highest BCUT2D eigenvalue weighted by atomic mass is 16.6. The maximum Gasteiger partial charge on any atom is 0.410 e. The van der Waals surface area contributed by atoms with Crippen LogP contribution in [0.3, 0.4) is 0 Å². The van der Waals surface area contributed by atoms with Crippen LogP contribution in [0.4, 0.5) is 15.3 Å². The smallest absolute Gasteiger partial charge is 0.410 e. The first-order valence-electron chi connectivity index (χ1n) is 20.2. The molecule has 1 aromatic rings. The van der Waals surface area contributed by atoms with Gasteiger partial charge in [-0.3, -0.25) is 28.9 Å². The molecule has 7 amide bonds. The molecule has 2 aliphatic heterocycles. The monoisotopic (exact) mass is 782 g/mol. The van der Waals surface area contributed by atoms with Gasteiger partial charge in [0.1, 0.15) is 6.61 Å². The van der Waals surface area contributed by atoms with Crippen LogP contribution in [0.25, 0.3) is 0 Å². The summed E-state index contributed by atoms with van der Waals surface area (Å²) in [4.78, 5) is 92.3. The van der Waals surface area contributed by atoms with Crippen LogP contribution >= 0.6 is 0 Å². The number of nitrogens with zero attached hydrogens (tertiary/aromatic N) is 2. The van der Waals surface area contributed by atoms with Gasteiger partial charge in [-0.25, -0.2) is 9.59 Å². The number of benzene rings is 1. The highest BCUT2D eigenvalue weighted by molar-refractivity contribution is 6.04. The van der Waals surface area contributed by atoms with E-state index in [2.05, 4.69) is 36.7 Å². The van der Waals surface area contributed by atoms with E-state index in [1.165, 1.54) is 4.90 Å². The normalized spacial score (nSPS) is 18.5. The Morgan fingerprint density at radius 2 is 1.61 bits per heavy atom. The molecule has 2 fully saturated rings. The van der Waals surface area contributed by atoms with Gasteiger partial charge in [0.15, 0.2) is 5.78 Å². The van der Waals surface area contributed by atoms with Crippen LogP contribution < -0.4 is 21.7 Å². The van der Waals surface area contributed by atoms with Crippen LogP contribution in [0, 0.1) is 34.5 Å². The van der Waals surface area contributed by atoms with Crippen molar-refractivity contribution in [3.05, 3.63) is 29.8 Å². The SMILES string of the molecule is CC(C)[C@H](NC(=O)CCCCCN1C(=O)CC(C(C)(C)C)C1=O)C(=O)C[C@@H](CCCNC(N)=O)C(=O)Nc1ccc(COC(=O)N2CCC(C(C)(C)C)C2)cc1. The number of carbonyl (C=O) groups excluding carboxylic acids is 7. The van der Waals surface area contributed by atoms with Gasteiger partial charge in [-0.2, -0.15) is 0 Å². The summed E-state index contributed by atoms with van der Waals surface area (Å²) in [5, 5.41) is 8.26. The number of hydrogen-bond donors (Lipinski definition) is 4. The Kier molecular flexibility index (Phi) is 16.9. The number of amides is 7. The van der Waals surface area contributed by atoms with Crippen molar-refractivity contribution in [3.63, 3.8) is 0 Å². The van der Waals surface area contributed by atoms with Gasteiger partial charge in [-0.15, -0.1) is 0 Å². The lowest BCUT2D eigenvalue weighted by Crippen LogP contribution is -2.45. The number of rotatable bonds is 19. The highest BCUT2D eigenvalue weighted by Gasteiger charge is 2.44. The Morgan fingerprint density at radius 1 is 0.929 bits per heavy atom. The lowest BCUT2D eigenvalue weighted by molar-refractivity contribution is -0.140. The molecule has 3 rings (SSSR count). The number of ether oxygens (including phenoxy) is 1. The minimum absolute atomic E-state index is 0.0920. The van der Waals surface area contributed by atoms with E-state index in [0.29, 0.717) is 56.9 Å². The molecule has 1 aromatic carbocycles. The molecule has 0 spiro atoms. The number of ketones is 1. The summed E-state index contributed by atoms with van der Waals surface area (Å²) in [7, 11) is 0. The second-order valence-corrected chi connectivity index (χ2v) is 17.9. The quantitative estimate of drug-likeness (QED) is 0.100. The van der Waals surface area contributed by atoms with Crippen LogP contribution in [-0.2, 0) is 35.3 Å². The number of Topliss-reactive ketones (excluding diaryl/α,β-unsaturated/α-hetero) is 1. The van der Waals surface area contributed by atoms with Crippen molar-refractivity contribution in [3.8, 4) is 0 Å². The van der Waals surface area contributed by atoms with Crippen molar-refractivity contribution in [2.24, 2.45) is 40.2 Å². The summed E-state index contributed by atoms with van der Waals surface area (Å²) in [6.45, 7) is 18.1. The van der Waals surface area contributed by atoms with E-state index in [-0.39, 0.29) is 97.0 Å². The first-order chi connectivity index (χ1) is 26.2. The summed E-state index contributed by atoms with van der Waals surface area (Å²) < 4.78 is 5.56. The Labute approximate surface area is 332 Å². The van der Waals surface area contributed by atoms with Gasteiger partial charge in [0.25, 0.3) is 0 Å². The molecule has 14 nitrogen and oxygen atoms in total. The van der Waals surface area contributed by atoms with Crippen molar-refractivity contribution in [2.45, 2.75) is 126 Å². The molecule has 0 bridgehead atoms. The fourth-order valence-electron chi connectivity index (χ4n) is 7.25. The number of likely N-dealkylation sites (tertiary alicyclic amines) is 2. The number of nitrogens with one attached hydrogen (secondary N) is 3. The fraction of sp³-hybridized carbons (Fsp3) is 0.690. The topological polar surface area (TPSA) is 197 Å². The van der Waals surface area contributed by atoms with Crippen molar-refractivity contribution >= 4 is 47.2 Å². The number of primary amides is 1. The Morgan fingerprint density at radius 3 is 2.18 bits per heavy atom. The lowest BCUT2D eigenvalue weighted by atomic mass is 9.80. The molecule has 2 heterocycles. The number of carbonyl (C=O) groups is 7. The Hall–Kier alpha value is -4.49. The van der Waals surface area contributed by atoms with E-state index in [0.717, 1.165) is 12.0 Å². The van der Waals surface area contributed by atoms with Crippen LogP contribution in [0.1, 0.15) is 119 Å². The van der Waals surface area contributed by atoms with Crippen molar-refractivity contribution in [1.29, 1.82) is 0 Å². The summed E-state index contributed by atoms with van der Waals surface area (Å²) in [6.07, 6.45) is 3.32. The van der Waals surface area contributed by atoms with E-state index < -0.39 is 18.0 Å². The number of nitrogens with two attached hydrogens (primary N) is 1. The van der Waals surface area contributed by atoms with Gasteiger partial charge in [0.2, 0.25) is 23.6 Å². The van der Waals surface area contributed by atoms with E-state index in [1.54, 1.807) is 29.2 Å². The molecule has 0 aliphatic carbocycles. The summed E-state index contributed by atoms with van der Waals surface area (Å²) in [6, 6.07) is 5.45. The number of anilines is 1. The van der Waals surface area contributed by atoms with Crippen molar-refractivity contribution in [1.82, 2.24) is 20.4 Å². The third kappa shape index (κ3) is 14.2. The zero-order valence-corrected chi connectivity index (χ0v) is 34.8. The van der Waals surface area contributed by atoms with Crippen LogP contribution in [-0.4, -0.2) is 83.6 Å². The van der Waals surface area contributed by atoms with E-state index in [1.807, 2.05) is 34.6 Å². The standard InChI is InChI=1S/C42H66N6O8/c1-27(2)36(46-34(50)14-10-9-11-21-48-35(51)24-32(38(48)53)42(6,7)8)33(49)23-29(13-12-20-44-39(43)54)37(52)45-31-17-15-28(16-18-31)26-56-40(55)47-22-19-30(25-47)41(3,4)5/h15-18,27,29-30,32,36H,9-14,19-26H2,1-8H3,(H,45,52)(H,46,50)(H3,43,44,54)/t29-,30?,32?,36+/m1/s1. The molecule has 14 heteroatoms. The van der Waals surface area contributed by atoms with Crippen LogP contribution in [0.15, 0.2) is 24.3 Å². The average Bonchev–Trinajstić information content (AvgIpc) is 3.73. The molecule has 2 unspecified atom stereocenters. The van der Waals surface area contributed by atoms with Gasteiger partial charge < -0.3 is 31.3 Å². The summed E-state index contributed by atoms with van der Waals surface area (Å²) >= 11 is 0. The lowest BCUT2D eigenvalue weighted by Gasteiger charge is -2.26. The predicted octanol–water partition coefficient (Wildman–Crippen LogP) is 5.78. The zero-order valence-electron chi connectivity index (χ0n) is 34.8. The van der Waals surface area contributed by atoms with Crippen molar-refractivity contribution in [2.75, 3.05) is 31.5 Å². The minimum Gasteiger partial charge on any atom is -0.445 e. The Bertz CT molecular complexity index is 1550. The Balaban J connectivity index is 1.51. The number of imide groups is 1. The van der Waals surface area contributed by atoms with Gasteiger partial charge in [-0.1, -0.05) is 73.9 Å². The second-order valence-electron chi connectivity index (χ2n) is 17.9. The van der Waals surface area contributed by atoms with Crippen molar-refractivity contribution < 1.29 is 38.3 Å². The molecular weight excluding hydrogens is 716 g/mol.